The Kier molecular flexibility index (Phi) is 3.87. The molecular weight excluding hydrogens is 318 g/mol. The van der Waals surface area contributed by atoms with E-state index in [4.69, 9.17) is 0 Å². The summed E-state index contributed by atoms with van der Waals surface area (Å²) in [7, 11) is 0. The Hall–Kier alpha value is -1.62. The number of benzene rings is 1. The first-order valence-electron chi connectivity index (χ1n) is 6.74. The molecule has 1 aromatic carbocycles. The number of aryl methyl sites for hydroxylation is 1. The topological polar surface area (TPSA) is 46.9 Å². The summed E-state index contributed by atoms with van der Waals surface area (Å²) in [6, 6.07) is 8.06. The van der Waals surface area contributed by atoms with E-state index in [1.807, 2.05) is 36.7 Å². The van der Waals surface area contributed by atoms with E-state index in [1.54, 1.807) is 0 Å². The van der Waals surface area contributed by atoms with E-state index in [9.17, 15) is 4.79 Å². The Bertz CT molecular complexity index is 606. The quantitative estimate of drug-likeness (QED) is 0.936. The fraction of sp³-hybridized carbons (Fsp3) is 0.333. The Morgan fingerprint density at radius 1 is 1.40 bits per heavy atom. The van der Waals surface area contributed by atoms with Gasteiger partial charge in [0.05, 0.1) is 6.42 Å². The van der Waals surface area contributed by atoms with Gasteiger partial charge in [0.2, 0.25) is 5.91 Å². The molecule has 3 rings (SSSR count). The number of hydrogen-bond acceptors (Lipinski definition) is 2. The highest BCUT2D eigenvalue weighted by Crippen LogP contribution is 2.14. The fourth-order valence-corrected chi connectivity index (χ4v) is 2.80. The van der Waals surface area contributed by atoms with E-state index < -0.39 is 0 Å². The van der Waals surface area contributed by atoms with Crippen molar-refractivity contribution in [3.05, 3.63) is 52.5 Å². The number of carbonyl (C=O) groups is 1. The summed E-state index contributed by atoms with van der Waals surface area (Å²) < 4.78 is 3.18. The highest BCUT2D eigenvalue weighted by Gasteiger charge is 2.20. The van der Waals surface area contributed by atoms with Crippen LogP contribution in [-0.4, -0.2) is 21.5 Å². The maximum atomic E-state index is 12.1. The molecule has 104 valence electrons. The molecule has 20 heavy (non-hydrogen) atoms. The second kappa shape index (κ2) is 5.79. The average Bonchev–Trinajstić information content (AvgIpc) is 2.89. The molecule has 1 unspecified atom stereocenters. The van der Waals surface area contributed by atoms with E-state index in [-0.39, 0.29) is 11.9 Å². The van der Waals surface area contributed by atoms with E-state index in [0.717, 1.165) is 35.2 Å². The number of nitrogens with zero attached hydrogens (tertiary/aromatic N) is 2. The lowest BCUT2D eigenvalue weighted by molar-refractivity contribution is -0.121. The minimum Gasteiger partial charge on any atom is -0.353 e. The van der Waals surface area contributed by atoms with Crippen LogP contribution in [-0.2, 0) is 24.2 Å². The van der Waals surface area contributed by atoms with Crippen molar-refractivity contribution in [2.24, 2.45) is 0 Å². The second-order valence-corrected chi connectivity index (χ2v) is 6.01. The Balaban J connectivity index is 1.56. The van der Waals surface area contributed by atoms with Crippen LogP contribution in [0.5, 0.6) is 0 Å². The number of nitrogens with one attached hydrogen (secondary N) is 1. The molecule has 0 fully saturated rings. The van der Waals surface area contributed by atoms with Crippen molar-refractivity contribution in [1.82, 2.24) is 14.9 Å². The number of aromatic nitrogens is 2. The summed E-state index contributed by atoms with van der Waals surface area (Å²) in [5.74, 6) is 1.14. The molecule has 4 nitrogen and oxygen atoms in total. The van der Waals surface area contributed by atoms with Gasteiger partial charge in [-0.25, -0.2) is 4.98 Å². The summed E-state index contributed by atoms with van der Waals surface area (Å²) >= 11 is 3.39. The number of carbonyl (C=O) groups excluding carboxylic acids is 1. The third-order valence-electron chi connectivity index (χ3n) is 3.59. The van der Waals surface area contributed by atoms with Gasteiger partial charge in [-0.2, -0.15) is 0 Å². The monoisotopic (exact) mass is 333 g/mol. The lowest BCUT2D eigenvalue weighted by Crippen LogP contribution is -2.40. The number of halogens is 1. The molecule has 1 aliphatic heterocycles. The first-order chi connectivity index (χ1) is 9.70. The molecule has 0 spiro atoms. The SMILES string of the molecule is O=C(Cc1ccc(Br)cc1)NC1CCn2ccnc2C1. The van der Waals surface area contributed by atoms with Crippen LogP contribution in [0.4, 0.5) is 0 Å². The fourth-order valence-electron chi connectivity index (χ4n) is 2.54. The maximum absolute atomic E-state index is 12.1. The maximum Gasteiger partial charge on any atom is 0.224 e. The number of imidazole rings is 1. The van der Waals surface area contributed by atoms with Crippen molar-refractivity contribution in [1.29, 1.82) is 0 Å². The largest absolute Gasteiger partial charge is 0.353 e. The first kappa shape index (κ1) is 13.4. The molecule has 0 aliphatic carbocycles. The molecule has 1 N–H and O–H groups in total. The van der Waals surface area contributed by atoms with E-state index in [0.29, 0.717) is 6.42 Å². The van der Waals surface area contributed by atoms with Gasteiger partial charge in [0, 0.05) is 35.9 Å². The van der Waals surface area contributed by atoms with Gasteiger partial charge in [-0.3, -0.25) is 4.79 Å². The van der Waals surface area contributed by atoms with Gasteiger partial charge in [0.15, 0.2) is 0 Å². The number of fused-ring (bicyclic) bond motifs is 1. The van der Waals surface area contributed by atoms with Gasteiger partial charge in [-0.1, -0.05) is 28.1 Å². The standard InChI is InChI=1S/C15H16BrN3O/c16-12-3-1-11(2-4-12)9-15(20)18-13-5-7-19-8-6-17-14(19)10-13/h1-4,6,8,13H,5,7,9-10H2,(H,18,20). The second-order valence-electron chi connectivity index (χ2n) is 5.10. The number of hydrogen-bond donors (Lipinski definition) is 1. The van der Waals surface area contributed by atoms with Crippen molar-refractivity contribution in [2.75, 3.05) is 0 Å². The summed E-state index contributed by atoms with van der Waals surface area (Å²) in [4.78, 5) is 16.4. The third-order valence-corrected chi connectivity index (χ3v) is 4.12. The number of amides is 1. The molecule has 0 saturated carbocycles. The van der Waals surface area contributed by atoms with Gasteiger partial charge in [0.25, 0.3) is 0 Å². The molecule has 1 atom stereocenters. The van der Waals surface area contributed by atoms with Crippen molar-refractivity contribution >= 4 is 21.8 Å². The Morgan fingerprint density at radius 2 is 2.20 bits per heavy atom. The van der Waals surface area contributed by atoms with Gasteiger partial charge in [0.1, 0.15) is 5.82 Å². The van der Waals surface area contributed by atoms with Gasteiger partial charge in [-0.15, -0.1) is 0 Å². The van der Waals surface area contributed by atoms with Crippen molar-refractivity contribution in [3.63, 3.8) is 0 Å². The number of rotatable bonds is 3. The van der Waals surface area contributed by atoms with E-state index in [1.165, 1.54) is 0 Å². The molecular formula is C15H16BrN3O. The van der Waals surface area contributed by atoms with Crippen LogP contribution >= 0.6 is 15.9 Å². The highest BCUT2D eigenvalue weighted by molar-refractivity contribution is 9.10. The van der Waals surface area contributed by atoms with Gasteiger partial charge < -0.3 is 9.88 Å². The third kappa shape index (κ3) is 3.10. The van der Waals surface area contributed by atoms with Crippen LogP contribution in [0.3, 0.4) is 0 Å². The lowest BCUT2D eigenvalue weighted by atomic mass is 10.1. The zero-order valence-corrected chi connectivity index (χ0v) is 12.6. The van der Waals surface area contributed by atoms with Crippen LogP contribution in [0.1, 0.15) is 17.8 Å². The highest BCUT2D eigenvalue weighted by atomic mass is 79.9. The predicted octanol–water partition coefficient (Wildman–Crippen LogP) is 2.32. The normalized spacial score (nSPS) is 17.6. The van der Waals surface area contributed by atoms with Crippen LogP contribution in [0, 0.1) is 0 Å². The van der Waals surface area contributed by atoms with Crippen LogP contribution in [0.15, 0.2) is 41.1 Å². The molecule has 1 aliphatic rings. The van der Waals surface area contributed by atoms with Gasteiger partial charge >= 0.3 is 0 Å². The molecule has 0 bridgehead atoms. The molecule has 1 aromatic heterocycles. The summed E-state index contributed by atoms with van der Waals surface area (Å²) in [5, 5.41) is 3.11. The van der Waals surface area contributed by atoms with E-state index >= 15 is 0 Å². The Morgan fingerprint density at radius 3 is 3.00 bits per heavy atom. The average molecular weight is 334 g/mol. The Labute approximate surface area is 126 Å². The molecule has 5 heteroatoms. The van der Waals surface area contributed by atoms with Crippen molar-refractivity contribution < 1.29 is 4.79 Å². The molecule has 0 saturated heterocycles. The van der Waals surface area contributed by atoms with Crippen LogP contribution in [0.2, 0.25) is 0 Å². The smallest absolute Gasteiger partial charge is 0.224 e. The molecule has 2 heterocycles. The summed E-state index contributed by atoms with van der Waals surface area (Å²) in [6.45, 7) is 0.929. The van der Waals surface area contributed by atoms with Crippen molar-refractivity contribution in [2.45, 2.75) is 31.8 Å². The predicted molar refractivity (Wildman–Crippen MR) is 80.3 cm³/mol. The minimum absolute atomic E-state index is 0.0809. The summed E-state index contributed by atoms with van der Waals surface area (Å²) in [5.41, 5.74) is 1.03. The molecule has 2 aromatic rings. The first-order valence-corrected chi connectivity index (χ1v) is 7.54. The van der Waals surface area contributed by atoms with E-state index in [2.05, 4.69) is 30.8 Å². The summed E-state index contributed by atoms with van der Waals surface area (Å²) in [6.07, 6.45) is 6.03. The van der Waals surface area contributed by atoms with Crippen LogP contribution < -0.4 is 5.32 Å². The van der Waals surface area contributed by atoms with Crippen LogP contribution in [0.25, 0.3) is 0 Å². The van der Waals surface area contributed by atoms with Gasteiger partial charge in [-0.05, 0) is 24.1 Å². The lowest BCUT2D eigenvalue weighted by Gasteiger charge is -2.24. The van der Waals surface area contributed by atoms with Crippen molar-refractivity contribution in [3.8, 4) is 0 Å². The zero-order chi connectivity index (χ0) is 13.9. The minimum atomic E-state index is 0.0809. The molecule has 1 amide bonds. The molecule has 0 radical (unpaired) electrons. The zero-order valence-electron chi connectivity index (χ0n) is 11.1.